The SMILES string of the molecule is CC(C)(C)C(=O)OCOC(=O)C1N2C(=O)C(Nc3nc4ccccc4[nH]3)[C@H]2SC1(C)C. The highest BCUT2D eigenvalue weighted by atomic mass is 32.2. The molecule has 1 aromatic carbocycles. The first-order valence-corrected chi connectivity index (χ1v) is 10.9. The second-order valence-corrected chi connectivity index (χ2v) is 11.0. The molecule has 10 heteroatoms. The number of benzene rings is 1. The van der Waals surface area contributed by atoms with E-state index < -0.39 is 41.0 Å². The van der Waals surface area contributed by atoms with Crippen LogP contribution in [-0.2, 0) is 23.9 Å². The quantitative estimate of drug-likeness (QED) is 0.409. The summed E-state index contributed by atoms with van der Waals surface area (Å²) in [6.45, 7) is 8.47. The van der Waals surface area contributed by atoms with Gasteiger partial charge in [0.2, 0.25) is 18.6 Å². The number of anilines is 1. The highest BCUT2D eigenvalue weighted by Gasteiger charge is 2.64. The summed E-state index contributed by atoms with van der Waals surface area (Å²) in [5.41, 5.74) is 0.988. The summed E-state index contributed by atoms with van der Waals surface area (Å²) in [6, 6.07) is 6.34. The molecule has 0 bridgehead atoms. The Labute approximate surface area is 184 Å². The molecular formula is C21H26N4O5S. The van der Waals surface area contributed by atoms with Crippen molar-refractivity contribution in [2.45, 2.75) is 56.8 Å². The van der Waals surface area contributed by atoms with E-state index in [2.05, 4.69) is 15.3 Å². The average molecular weight is 447 g/mol. The Hall–Kier alpha value is -2.75. The van der Waals surface area contributed by atoms with E-state index in [1.165, 1.54) is 11.8 Å². The first-order valence-electron chi connectivity index (χ1n) is 10.0. The predicted octanol–water partition coefficient (Wildman–Crippen LogP) is 2.50. The number of carbonyl (C=O) groups excluding carboxylic acids is 3. The van der Waals surface area contributed by atoms with Crippen molar-refractivity contribution in [2.75, 3.05) is 12.1 Å². The minimum Gasteiger partial charge on any atom is -0.427 e. The third kappa shape index (κ3) is 3.84. The molecular weight excluding hydrogens is 420 g/mol. The third-order valence-corrected chi connectivity index (χ3v) is 6.92. The number of β-lactam (4-membered cyclic amide) rings is 1. The van der Waals surface area contributed by atoms with Crippen LogP contribution in [0.25, 0.3) is 11.0 Å². The molecule has 0 saturated carbocycles. The fraction of sp³-hybridized carbons (Fsp3) is 0.524. The Morgan fingerprint density at radius 1 is 1.26 bits per heavy atom. The lowest BCUT2D eigenvalue weighted by Gasteiger charge is -2.43. The zero-order chi connectivity index (χ0) is 22.6. The van der Waals surface area contributed by atoms with Gasteiger partial charge in [0.15, 0.2) is 0 Å². The number of imidazole rings is 1. The maximum absolute atomic E-state index is 12.9. The molecule has 1 aromatic heterocycles. The Bertz CT molecular complexity index is 1010. The van der Waals surface area contributed by atoms with E-state index in [1.54, 1.807) is 25.7 Å². The van der Waals surface area contributed by atoms with Gasteiger partial charge in [0, 0.05) is 4.75 Å². The standard InChI is InChI=1S/C21H26N4O5S/c1-20(2,3)18(28)30-10-29-17(27)14-21(4,5)31-16-13(15(26)25(14)16)24-19-22-11-8-6-7-9-12(11)23-19/h6-9,13-14,16H,10H2,1-5H3,(H2,22,23,24)/t13?,14?,16-/m1/s1. The van der Waals surface area contributed by atoms with Gasteiger partial charge >= 0.3 is 11.9 Å². The van der Waals surface area contributed by atoms with Gasteiger partial charge in [-0.2, -0.15) is 0 Å². The van der Waals surface area contributed by atoms with E-state index in [0.29, 0.717) is 5.95 Å². The number of aromatic nitrogens is 2. The molecule has 2 aromatic rings. The summed E-state index contributed by atoms with van der Waals surface area (Å²) in [5.74, 6) is -0.736. The summed E-state index contributed by atoms with van der Waals surface area (Å²) >= 11 is 1.53. The topological polar surface area (TPSA) is 114 Å². The van der Waals surface area contributed by atoms with Crippen molar-refractivity contribution in [3.05, 3.63) is 24.3 Å². The number of carbonyl (C=O) groups is 3. The van der Waals surface area contributed by atoms with Gasteiger partial charge in [0.05, 0.1) is 16.4 Å². The average Bonchev–Trinajstić information content (AvgIpc) is 3.21. The zero-order valence-corrected chi connectivity index (χ0v) is 18.9. The number of para-hydroxylation sites is 2. The highest BCUT2D eigenvalue weighted by Crippen LogP contribution is 2.51. The monoisotopic (exact) mass is 446 g/mol. The maximum Gasteiger partial charge on any atom is 0.333 e. The van der Waals surface area contributed by atoms with E-state index in [1.807, 2.05) is 38.1 Å². The van der Waals surface area contributed by atoms with Gasteiger partial charge in [-0.1, -0.05) is 12.1 Å². The smallest absolute Gasteiger partial charge is 0.333 e. The molecule has 0 spiro atoms. The van der Waals surface area contributed by atoms with Crippen LogP contribution in [0.1, 0.15) is 34.6 Å². The number of hydrogen-bond acceptors (Lipinski definition) is 8. The van der Waals surface area contributed by atoms with Crippen molar-refractivity contribution in [3.8, 4) is 0 Å². The molecule has 31 heavy (non-hydrogen) atoms. The summed E-state index contributed by atoms with van der Waals surface area (Å²) in [4.78, 5) is 46.7. The summed E-state index contributed by atoms with van der Waals surface area (Å²) < 4.78 is 9.66. The van der Waals surface area contributed by atoms with Gasteiger partial charge in [-0.05, 0) is 46.8 Å². The lowest BCUT2D eigenvalue weighted by Crippen LogP contribution is -2.68. The summed E-state index contributed by atoms with van der Waals surface area (Å²) in [7, 11) is 0. The Morgan fingerprint density at radius 2 is 1.97 bits per heavy atom. The normalized spacial score (nSPS) is 24.5. The number of nitrogens with zero attached hydrogens (tertiary/aromatic N) is 2. The Balaban J connectivity index is 1.41. The molecule has 166 valence electrons. The van der Waals surface area contributed by atoms with Gasteiger partial charge < -0.3 is 24.7 Å². The van der Waals surface area contributed by atoms with Crippen LogP contribution in [0.15, 0.2) is 24.3 Å². The van der Waals surface area contributed by atoms with Gasteiger partial charge in [-0.15, -0.1) is 11.8 Å². The molecule has 3 atom stereocenters. The van der Waals surface area contributed by atoms with Crippen LogP contribution in [0, 0.1) is 5.41 Å². The van der Waals surface area contributed by atoms with Crippen LogP contribution in [0.5, 0.6) is 0 Å². The Morgan fingerprint density at radius 3 is 2.65 bits per heavy atom. The number of nitrogens with one attached hydrogen (secondary N) is 2. The van der Waals surface area contributed by atoms with E-state index >= 15 is 0 Å². The summed E-state index contributed by atoms with van der Waals surface area (Å²) in [5, 5.41) is 2.93. The van der Waals surface area contributed by atoms with Gasteiger partial charge in [-0.3, -0.25) is 9.59 Å². The highest BCUT2D eigenvalue weighted by molar-refractivity contribution is 8.01. The van der Waals surface area contributed by atoms with Crippen molar-refractivity contribution in [1.29, 1.82) is 0 Å². The maximum atomic E-state index is 12.9. The van der Waals surface area contributed by atoms with Crippen molar-refractivity contribution >= 4 is 46.6 Å². The number of amides is 1. The lowest BCUT2D eigenvalue weighted by atomic mass is 9.96. The third-order valence-electron chi connectivity index (χ3n) is 5.35. The van der Waals surface area contributed by atoms with Gasteiger partial charge in [0.1, 0.15) is 17.5 Å². The van der Waals surface area contributed by atoms with Crippen molar-refractivity contribution in [1.82, 2.24) is 14.9 Å². The summed E-state index contributed by atoms with van der Waals surface area (Å²) in [6.07, 6.45) is 0. The van der Waals surface area contributed by atoms with E-state index in [9.17, 15) is 14.4 Å². The van der Waals surface area contributed by atoms with Crippen LogP contribution in [0.2, 0.25) is 0 Å². The molecule has 0 radical (unpaired) electrons. The number of hydrogen-bond donors (Lipinski definition) is 2. The first-order chi connectivity index (χ1) is 14.5. The second kappa shape index (κ2) is 7.44. The van der Waals surface area contributed by atoms with Crippen LogP contribution < -0.4 is 5.32 Å². The molecule has 2 aliphatic rings. The van der Waals surface area contributed by atoms with Crippen molar-refractivity contribution in [3.63, 3.8) is 0 Å². The molecule has 2 N–H and O–H groups in total. The van der Waals surface area contributed by atoms with E-state index in [4.69, 9.17) is 9.47 Å². The molecule has 0 aliphatic carbocycles. The number of aromatic amines is 1. The zero-order valence-electron chi connectivity index (χ0n) is 18.1. The predicted molar refractivity (Wildman–Crippen MR) is 116 cm³/mol. The first kappa shape index (κ1) is 21.5. The van der Waals surface area contributed by atoms with Crippen LogP contribution in [0.4, 0.5) is 5.95 Å². The van der Waals surface area contributed by atoms with E-state index in [-0.39, 0.29) is 11.3 Å². The minimum atomic E-state index is -0.767. The Kier molecular flexibility index (Phi) is 5.15. The molecule has 4 rings (SSSR count). The van der Waals surface area contributed by atoms with Crippen molar-refractivity contribution < 1.29 is 23.9 Å². The number of esters is 2. The van der Waals surface area contributed by atoms with Crippen LogP contribution in [-0.4, -0.2) is 61.7 Å². The number of thioether (sulfide) groups is 1. The molecule has 2 saturated heterocycles. The lowest BCUT2D eigenvalue weighted by molar-refractivity contribution is -0.179. The van der Waals surface area contributed by atoms with Crippen LogP contribution >= 0.6 is 11.8 Å². The van der Waals surface area contributed by atoms with Gasteiger partial charge in [-0.25, -0.2) is 9.78 Å². The molecule has 9 nitrogen and oxygen atoms in total. The minimum absolute atomic E-state index is 0.197. The number of H-pyrrole nitrogens is 1. The van der Waals surface area contributed by atoms with Gasteiger partial charge in [0.25, 0.3) is 0 Å². The number of ether oxygens (including phenoxy) is 2. The molecule has 2 aliphatic heterocycles. The van der Waals surface area contributed by atoms with E-state index in [0.717, 1.165) is 11.0 Å². The molecule has 3 heterocycles. The van der Waals surface area contributed by atoms with Crippen LogP contribution in [0.3, 0.4) is 0 Å². The molecule has 2 fully saturated rings. The molecule has 1 amide bonds. The fourth-order valence-corrected chi connectivity index (χ4v) is 5.35. The number of fused-ring (bicyclic) bond motifs is 2. The van der Waals surface area contributed by atoms with Crippen molar-refractivity contribution in [2.24, 2.45) is 5.41 Å². The second-order valence-electron chi connectivity index (χ2n) is 9.25. The fourth-order valence-electron chi connectivity index (χ4n) is 3.73. The molecule has 2 unspecified atom stereocenters. The largest absolute Gasteiger partial charge is 0.427 e. The number of rotatable bonds is 5.